The van der Waals surface area contributed by atoms with Crippen LogP contribution in [-0.2, 0) is 13.6 Å². The van der Waals surface area contributed by atoms with E-state index in [1.807, 2.05) is 18.9 Å². The summed E-state index contributed by atoms with van der Waals surface area (Å²) in [4.78, 5) is 16.6. The summed E-state index contributed by atoms with van der Waals surface area (Å²) in [6, 6.07) is 0.849. The standard InChI is InChI=1S/C16H27N5O2/c1-10(2)21-14-6-7-20(9-13(14)17-16(21)22)8-12-11(3)18-19(4)15(12)23-5/h10,13-14H,6-9H2,1-5H3,(H,17,22)/t13-,14+/m1/s1. The van der Waals surface area contributed by atoms with Gasteiger partial charge in [-0.2, -0.15) is 5.10 Å². The van der Waals surface area contributed by atoms with E-state index >= 15 is 0 Å². The fourth-order valence-electron chi connectivity index (χ4n) is 3.97. The molecule has 7 nitrogen and oxygen atoms in total. The number of nitrogens with one attached hydrogen (secondary N) is 1. The highest BCUT2D eigenvalue weighted by atomic mass is 16.5. The lowest BCUT2D eigenvalue weighted by Gasteiger charge is -2.37. The average Bonchev–Trinajstić information content (AvgIpc) is 2.94. The number of carbonyl (C=O) groups is 1. The number of ether oxygens (including phenoxy) is 1. The number of nitrogens with zero attached hydrogens (tertiary/aromatic N) is 4. The first kappa shape index (κ1) is 16.1. The van der Waals surface area contributed by atoms with Crippen molar-refractivity contribution in [2.75, 3.05) is 20.2 Å². The molecule has 3 heterocycles. The molecule has 3 rings (SSSR count). The second kappa shape index (κ2) is 6.03. The van der Waals surface area contributed by atoms with Gasteiger partial charge in [0.05, 0.1) is 30.5 Å². The summed E-state index contributed by atoms with van der Waals surface area (Å²) in [5, 5.41) is 7.59. The number of fused-ring (bicyclic) bond motifs is 1. The van der Waals surface area contributed by atoms with E-state index in [0.717, 1.165) is 43.2 Å². The Morgan fingerprint density at radius 3 is 2.83 bits per heavy atom. The van der Waals surface area contributed by atoms with Gasteiger partial charge < -0.3 is 15.0 Å². The number of rotatable bonds is 4. The Morgan fingerprint density at radius 2 is 2.17 bits per heavy atom. The van der Waals surface area contributed by atoms with Crippen LogP contribution >= 0.6 is 0 Å². The summed E-state index contributed by atoms with van der Waals surface area (Å²) in [5.41, 5.74) is 2.14. The summed E-state index contributed by atoms with van der Waals surface area (Å²) in [7, 11) is 3.59. The molecule has 0 aliphatic carbocycles. The molecule has 0 radical (unpaired) electrons. The van der Waals surface area contributed by atoms with Gasteiger partial charge in [-0.05, 0) is 27.2 Å². The fraction of sp³-hybridized carbons (Fsp3) is 0.750. The first-order valence-electron chi connectivity index (χ1n) is 8.30. The van der Waals surface area contributed by atoms with Crippen LogP contribution in [0.4, 0.5) is 4.79 Å². The number of hydrogen-bond acceptors (Lipinski definition) is 4. The van der Waals surface area contributed by atoms with E-state index in [1.54, 1.807) is 11.8 Å². The Bertz CT molecular complexity index is 598. The first-order valence-corrected chi connectivity index (χ1v) is 8.30. The van der Waals surface area contributed by atoms with Crippen LogP contribution in [0.1, 0.15) is 31.5 Å². The van der Waals surface area contributed by atoms with Crippen molar-refractivity contribution in [1.29, 1.82) is 0 Å². The Labute approximate surface area is 137 Å². The van der Waals surface area contributed by atoms with Gasteiger partial charge in [0.1, 0.15) is 0 Å². The lowest BCUT2D eigenvalue weighted by Crippen LogP contribution is -2.51. The lowest BCUT2D eigenvalue weighted by atomic mass is 9.98. The van der Waals surface area contributed by atoms with Crippen LogP contribution in [0.5, 0.6) is 5.88 Å². The van der Waals surface area contributed by atoms with Crippen LogP contribution < -0.4 is 10.1 Å². The van der Waals surface area contributed by atoms with Gasteiger partial charge in [-0.25, -0.2) is 9.48 Å². The predicted molar refractivity (Wildman–Crippen MR) is 87.5 cm³/mol. The Kier molecular flexibility index (Phi) is 4.23. The molecule has 2 amide bonds. The zero-order valence-corrected chi connectivity index (χ0v) is 14.7. The van der Waals surface area contributed by atoms with Gasteiger partial charge in [-0.1, -0.05) is 0 Å². The molecule has 1 aromatic rings. The number of urea groups is 1. The molecule has 2 saturated heterocycles. The number of methoxy groups -OCH3 is 1. The molecule has 2 aliphatic rings. The van der Waals surface area contributed by atoms with Crippen LogP contribution in [-0.4, -0.2) is 63.9 Å². The van der Waals surface area contributed by atoms with Crippen molar-refractivity contribution in [3.8, 4) is 5.88 Å². The van der Waals surface area contributed by atoms with E-state index in [2.05, 4.69) is 29.2 Å². The molecule has 23 heavy (non-hydrogen) atoms. The van der Waals surface area contributed by atoms with E-state index in [1.165, 1.54) is 0 Å². The van der Waals surface area contributed by atoms with Crippen molar-refractivity contribution >= 4 is 6.03 Å². The van der Waals surface area contributed by atoms with Crippen molar-refractivity contribution in [1.82, 2.24) is 24.9 Å². The molecule has 128 valence electrons. The van der Waals surface area contributed by atoms with Crippen LogP contribution in [0, 0.1) is 6.92 Å². The number of likely N-dealkylation sites (tertiary alicyclic amines) is 1. The number of aryl methyl sites for hydroxylation is 2. The van der Waals surface area contributed by atoms with Gasteiger partial charge in [0.25, 0.3) is 0 Å². The Hall–Kier alpha value is -1.76. The number of piperidine rings is 1. The highest BCUT2D eigenvalue weighted by molar-refractivity contribution is 5.78. The summed E-state index contributed by atoms with van der Waals surface area (Å²) in [6.45, 7) is 8.84. The highest BCUT2D eigenvalue weighted by Crippen LogP contribution is 2.28. The third-order valence-corrected chi connectivity index (χ3v) is 4.98. The van der Waals surface area contributed by atoms with E-state index in [0.29, 0.717) is 6.04 Å². The molecule has 0 saturated carbocycles. The summed E-state index contributed by atoms with van der Waals surface area (Å²) in [5.74, 6) is 0.823. The predicted octanol–water partition coefficient (Wildman–Crippen LogP) is 1.11. The first-order chi connectivity index (χ1) is 10.9. The fourth-order valence-corrected chi connectivity index (χ4v) is 3.97. The summed E-state index contributed by atoms with van der Waals surface area (Å²) >= 11 is 0. The normalized spacial score (nSPS) is 25.0. The zero-order chi connectivity index (χ0) is 16.7. The minimum absolute atomic E-state index is 0.0759. The summed E-state index contributed by atoms with van der Waals surface area (Å²) < 4.78 is 7.27. The molecular formula is C16H27N5O2. The Balaban J connectivity index is 1.71. The van der Waals surface area contributed by atoms with Gasteiger partial charge in [-0.15, -0.1) is 0 Å². The molecule has 2 atom stereocenters. The van der Waals surface area contributed by atoms with E-state index in [4.69, 9.17) is 4.74 Å². The van der Waals surface area contributed by atoms with Gasteiger partial charge >= 0.3 is 6.03 Å². The van der Waals surface area contributed by atoms with Gasteiger partial charge in [0, 0.05) is 32.7 Å². The van der Waals surface area contributed by atoms with E-state index in [-0.39, 0.29) is 18.1 Å². The number of carbonyl (C=O) groups excluding carboxylic acids is 1. The van der Waals surface area contributed by atoms with E-state index < -0.39 is 0 Å². The monoisotopic (exact) mass is 321 g/mol. The highest BCUT2D eigenvalue weighted by Gasteiger charge is 2.43. The molecule has 0 aromatic carbocycles. The van der Waals surface area contributed by atoms with Crippen LogP contribution in [0.3, 0.4) is 0 Å². The number of hydrogen-bond donors (Lipinski definition) is 1. The van der Waals surface area contributed by atoms with Crippen molar-refractivity contribution in [3.05, 3.63) is 11.3 Å². The zero-order valence-electron chi connectivity index (χ0n) is 14.7. The number of amides is 2. The van der Waals surface area contributed by atoms with Crippen molar-refractivity contribution in [2.45, 2.75) is 51.9 Å². The van der Waals surface area contributed by atoms with Crippen LogP contribution in [0.25, 0.3) is 0 Å². The quantitative estimate of drug-likeness (QED) is 0.902. The Morgan fingerprint density at radius 1 is 1.43 bits per heavy atom. The lowest BCUT2D eigenvalue weighted by molar-refractivity contribution is 0.121. The molecule has 0 unspecified atom stereocenters. The number of aromatic nitrogens is 2. The minimum Gasteiger partial charge on any atom is -0.481 e. The molecule has 0 bridgehead atoms. The SMILES string of the molecule is COc1c(CN2CC[C@H]3[C@@H](C2)NC(=O)N3C(C)C)c(C)nn1C. The van der Waals surface area contributed by atoms with Crippen LogP contribution in [0.2, 0.25) is 0 Å². The van der Waals surface area contributed by atoms with E-state index in [9.17, 15) is 4.79 Å². The summed E-state index contributed by atoms with van der Waals surface area (Å²) in [6.07, 6.45) is 1.00. The minimum atomic E-state index is 0.0759. The largest absolute Gasteiger partial charge is 0.481 e. The molecular weight excluding hydrogens is 294 g/mol. The third-order valence-electron chi connectivity index (χ3n) is 4.98. The molecule has 1 aromatic heterocycles. The van der Waals surface area contributed by atoms with Gasteiger partial charge in [0.2, 0.25) is 5.88 Å². The molecule has 7 heteroatoms. The molecule has 0 spiro atoms. The van der Waals surface area contributed by atoms with Crippen molar-refractivity contribution < 1.29 is 9.53 Å². The maximum Gasteiger partial charge on any atom is 0.318 e. The van der Waals surface area contributed by atoms with Crippen LogP contribution in [0.15, 0.2) is 0 Å². The van der Waals surface area contributed by atoms with Gasteiger partial charge in [-0.3, -0.25) is 4.90 Å². The van der Waals surface area contributed by atoms with Crippen molar-refractivity contribution in [3.63, 3.8) is 0 Å². The second-order valence-corrected chi connectivity index (χ2v) is 6.84. The van der Waals surface area contributed by atoms with Gasteiger partial charge in [0.15, 0.2) is 0 Å². The second-order valence-electron chi connectivity index (χ2n) is 6.84. The topological polar surface area (TPSA) is 62.6 Å². The van der Waals surface area contributed by atoms with Crippen molar-refractivity contribution in [2.24, 2.45) is 7.05 Å². The third kappa shape index (κ3) is 2.78. The maximum atomic E-state index is 12.2. The maximum absolute atomic E-state index is 12.2. The molecule has 1 N–H and O–H groups in total. The molecule has 2 aliphatic heterocycles. The molecule has 2 fully saturated rings. The average molecular weight is 321 g/mol. The smallest absolute Gasteiger partial charge is 0.318 e.